The van der Waals surface area contributed by atoms with E-state index < -0.39 is 12.1 Å². The molecule has 2 amide bonds. The highest BCUT2D eigenvalue weighted by atomic mass is 16.5. The van der Waals surface area contributed by atoms with Crippen LogP contribution >= 0.6 is 0 Å². The highest BCUT2D eigenvalue weighted by Gasteiger charge is 2.21. The van der Waals surface area contributed by atoms with Crippen LogP contribution in [0.3, 0.4) is 0 Å². The number of esters is 1. The number of nitrogens with one attached hydrogen (secondary N) is 1. The predicted octanol–water partition coefficient (Wildman–Crippen LogP) is 1.10. The third-order valence-electron chi connectivity index (χ3n) is 3.00. The Morgan fingerprint density at radius 2 is 1.86 bits per heavy atom. The maximum atomic E-state index is 12.1. The van der Waals surface area contributed by atoms with Crippen LogP contribution in [0.4, 0.5) is 0 Å². The Hall–Kier alpha value is -2.37. The van der Waals surface area contributed by atoms with Crippen LogP contribution in [-0.4, -0.2) is 42.4 Å². The lowest BCUT2D eigenvalue weighted by atomic mass is 10.2. The highest BCUT2D eigenvalue weighted by molar-refractivity contribution is 5.83. The number of carbonyl (C=O) groups excluding carboxylic acids is 3. The van der Waals surface area contributed by atoms with Gasteiger partial charge in [0.25, 0.3) is 5.91 Å². The number of rotatable bonds is 7. The van der Waals surface area contributed by atoms with Gasteiger partial charge in [0.15, 0.2) is 6.10 Å². The van der Waals surface area contributed by atoms with Crippen molar-refractivity contribution in [3.05, 3.63) is 35.9 Å². The number of ether oxygens (including phenoxy) is 1. The Morgan fingerprint density at radius 3 is 2.45 bits per heavy atom. The molecule has 1 aromatic carbocycles. The Morgan fingerprint density at radius 1 is 1.23 bits per heavy atom. The first-order valence-corrected chi connectivity index (χ1v) is 7.13. The molecule has 6 nitrogen and oxygen atoms in total. The lowest BCUT2D eigenvalue weighted by molar-refractivity contribution is -0.158. The van der Waals surface area contributed by atoms with Crippen molar-refractivity contribution in [2.75, 3.05) is 13.6 Å². The van der Waals surface area contributed by atoms with Gasteiger partial charge in [0.05, 0.1) is 6.42 Å². The number of hydrogen-bond acceptors (Lipinski definition) is 4. The standard InChI is InChI=1S/C16H22N2O4/c1-12(22-15(20)9-10-17-13(2)19)16(21)18(3)11-14-7-5-4-6-8-14/h4-8,12H,9-11H2,1-3H3,(H,17,19). The molecule has 0 aliphatic rings. The van der Waals surface area contributed by atoms with E-state index in [4.69, 9.17) is 4.74 Å². The Kier molecular flexibility index (Phi) is 7.08. The molecule has 0 heterocycles. The molecule has 120 valence electrons. The van der Waals surface area contributed by atoms with Crippen LogP contribution in [-0.2, 0) is 25.7 Å². The predicted molar refractivity (Wildman–Crippen MR) is 81.8 cm³/mol. The average molecular weight is 306 g/mol. The molecule has 0 fully saturated rings. The van der Waals surface area contributed by atoms with E-state index in [-0.39, 0.29) is 24.8 Å². The van der Waals surface area contributed by atoms with Crippen molar-refractivity contribution in [2.45, 2.75) is 32.9 Å². The molecule has 1 unspecified atom stereocenters. The minimum Gasteiger partial charge on any atom is -0.452 e. The van der Waals surface area contributed by atoms with E-state index in [1.807, 2.05) is 30.3 Å². The highest BCUT2D eigenvalue weighted by Crippen LogP contribution is 2.06. The van der Waals surface area contributed by atoms with Gasteiger partial charge in [-0.15, -0.1) is 0 Å². The first-order valence-electron chi connectivity index (χ1n) is 7.13. The van der Waals surface area contributed by atoms with Crippen LogP contribution in [0.5, 0.6) is 0 Å². The van der Waals surface area contributed by atoms with Gasteiger partial charge in [-0.05, 0) is 12.5 Å². The summed E-state index contributed by atoms with van der Waals surface area (Å²) in [6.07, 6.45) is -0.807. The van der Waals surface area contributed by atoms with Crippen molar-refractivity contribution < 1.29 is 19.1 Å². The zero-order chi connectivity index (χ0) is 16.5. The number of hydrogen-bond donors (Lipinski definition) is 1. The lowest BCUT2D eigenvalue weighted by Gasteiger charge is -2.21. The number of nitrogens with zero attached hydrogens (tertiary/aromatic N) is 1. The second kappa shape index (κ2) is 8.81. The maximum absolute atomic E-state index is 12.1. The summed E-state index contributed by atoms with van der Waals surface area (Å²) in [6.45, 7) is 3.57. The molecule has 0 radical (unpaired) electrons. The number of likely N-dealkylation sites (N-methyl/N-ethyl adjacent to an activating group) is 1. The van der Waals surface area contributed by atoms with Crippen LogP contribution in [0.2, 0.25) is 0 Å². The largest absolute Gasteiger partial charge is 0.452 e. The van der Waals surface area contributed by atoms with Crippen LogP contribution in [0.15, 0.2) is 30.3 Å². The Labute approximate surface area is 130 Å². The van der Waals surface area contributed by atoms with Gasteiger partial charge >= 0.3 is 5.97 Å². The van der Waals surface area contributed by atoms with Crippen LogP contribution < -0.4 is 5.32 Å². The molecule has 22 heavy (non-hydrogen) atoms. The number of carbonyl (C=O) groups is 3. The topological polar surface area (TPSA) is 75.7 Å². The second-order valence-electron chi connectivity index (χ2n) is 5.04. The van der Waals surface area contributed by atoms with Gasteiger partial charge < -0.3 is 15.0 Å². The SMILES string of the molecule is CC(=O)NCCC(=O)OC(C)C(=O)N(C)Cc1ccccc1. The van der Waals surface area contributed by atoms with Crippen molar-refractivity contribution in [1.82, 2.24) is 10.2 Å². The first-order chi connectivity index (χ1) is 10.4. The monoisotopic (exact) mass is 306 g/mol. The van der Waals surface area contributed by atoms with Crippen LogP contribution in [0.25, 0.3) is 0 Å². The molecule has 0 saturated carbocycles. The smallest absolute Gasteiger partial charge is 0.308 e. The Balaban J connectivity index is 2.40. The van der Waals surface area contributed by atoms with Crippen LogP contribution in [0, 0.1) is 0 Å². The van der Waals surface area contributed by atoms with Crippen molar-refractivity contribution >= 4 is 17.8 Å². The van der Waals surface area contributed by atoms with E-state index in [9.17, 15) is 14.4 Å². The molecule has 0 spiro atoms. The van der Waals surface area contributed by atoms with Gasteiger partial charge in [0.1, 0.15) is 0 Å². The summed E-state index contributed by atoms with van der Waals surface area (Å²) in [6, 6.07) is 9.56. The first kappa shape index (κ1) is 17.7. The second-order valence-corrected chi connectivity index (χ2v) is 5.04. The molecular formula is C16H22N2O4. The zero-order valence-corrected chi connectivity index (χ0v) is 13.2. The fraction of sp³-hybridized carbons (Fsp3) is 0.438. The van der Waals surface area contributed by atoms with Crippen molar-refractivity contribution in [3.8, 4) is 0 Å². The Bertz CT molecular complexity index is 516. The number of benzene rings is 1. The lowest BCUT2D eigenvalue weighted by Crippen LogP contribution is -2.37. The van der Waals surface area contributed by atoms with Gasteiger partial charge in [-0.25, -0.2) is 0 Å². The summed E-state index contributed by atoms with van der Waals surface area (Å²) in [5, 5.41) is 2.50. The summed E-state index contributed by atoms with van der Waals surface area (Å²) in [4.78, 5) is 35.9. The minimum atomic E-state index is -0.849. The quantitative estimate of drug-likeness (QED) is 0.766. The molecule has 1 rings (SSSR count). The summed E-state index contributed by atoms with van der Waals surface area (Å²) in [5.41, 5.74) is 1.00. The van der Waals surface area contributed by atoms with Gasteiger partial charge in [0.2, 0.25) is 5.91 Å². The number of amides is 2. The van der Waals surface area contributed by atoms with Crippen molar-refractivity contribution in [3.63, 3.8) is 0 Å². The molecule has 0 aliphatic carbocycles. The van der Waals surface area contributed by atoms with E-state index >= 15 is 0 Å². The van der Waals surface area contributed by atoms with Crippen LogP contribution in [0.1, 0.15) is 25.8 Å². The summed E-state index contributed by atoms with van der Waals surface area (Å²) >= 11 is 0. The molecule has 1 N–H and O–H groups in total. The van der Waals surface area contributed by atoms with Gasteiger partial charge in [0, 0.05) is 27.1 Å². The van der Waals surface area contributed by atoms with Gasteiger partial charge in [-0.1, -0.05) is 30.3 Å². The van der Waals surface area contributed by atoms with E-state index in [0.717, 1.165) is 5.56 Å². The average Bonchev–Trinajstić information content (AvgIpc) is 2.46. The fourth-order valence-corrected chi connectivity index (χ4v) is 1.89. The molecule has 0 saturated heterocycles. The molecule has 0 aliphatic heterocycles. The summed E-state index contributed by atoms with van der Waals surface area (Å²) in [7, 11) is 1.66. The van der Waals surface area contributed by atoms with E-state index in [0.29, 0.717) is 6.54 Å². The van der Waals surface area contributed by atoms with Crippen molar-refractivity contribution in [1.29, 1.82) is 0 Å². The molecule has 6 heteroatoms. The fourth-order valence-electron chi connectivity index (χ4n) is 1.89. The minimum absolute atomic E-state index is 0.0413. The third kappa shape index (κ3) is 6.39. The summed E-state index contributed by atoms with van der Waals surface area (Å²) < 4.78 is 5.07. The molecule has 0 bridgehead atoms. The molecule has 1 aromatic rings. The van der Waals surface area contributed by atoms with Gasteiger partial charge in [-0.3, -0.25) is 14.4 Å². The van der Waals surface area contributed by atoms with E-state index in [1.54, 1.807) is 14.0 Å². The third-order valence-corrected chi connectivity index (χ3v) is 3.00. The van der Waals surface area contributed by atoms with Gasteiger partial charge in [-0.2, -0.15) is 0 Å². The molecular weight excluding hydrogens is 284 g/mol. The zero-order valence-electron chi connectivity index (χ0n) is 13.2. The summed E-state index contributed by atoms with van der Waals surface area (Å²) in [5.74, 6) is -0.987. The molecule has 0 aromatic heterocycles. The van der Waals surface area contributed by atoms with E-state index in [2.05, 4.69) is 5.32 Å². The van der Waals surface area contributed by atoms with E-state index in [1.165, 1.54) is 11.8 Å². The normalized spacial score (nSPS) is 11.4. The molecule has 1 atom stereocenters. The maximum Gasteiger partial charge on any atom is 0.308 e. The van der Waals surface area contributed by atoms with Crippen molar-refractivity contribution in [2.24, 2.45) is 0 Å².